The van der Waals surface area contributed by atoms with Crippen molar-refractivity contribution in [1.29, 1.82) is 0 Å². The van der Waals surface area contributed by atoms with Crippen LogP contribution in [0.1, 0.15) is 16.1 Å². The van der Waals surface area contributed by atoms with Gasteiger partial charge in [0, 0.05) is 17.1 Å². The number of hydrogen-bond acceptors (Lipinski definition) is 8. The van der Waals surface area contributed by atoms with Gasteiger partial charge in [0.05, 0.1) is 42.2 Å². The second-order valence-electron chi connectivity index (χ2n) is 8.09. The summed E-state index contributed by atoms with van der Waals surface area (Å²) >= 11 is 1.46. The van der Waals surface area contributed by atoms with Crippen LogP contribution in [-0.4, -0.2) is 36.2 Å². The fourth-order valence-electron chi connectivity index (χ4n) is 4.38. The smallest absolute Gasteiger partial charge is 0.231 e. The molecule has 4 heterocycles. The van der Waals surface area contributed by atoms with Gasteiger partial charge in [0.1, 0.15) is 22.2 Å². The molecule has 5 aromatic rings. The monoisotopic (exact) mass is 499 g/mol. The second-order valence-corrected chi connectivity index (χ2v) is 8.95. The van der Waals surface area contributed by atoms with Crippen LogP contribution >= 0.6 is 11.3 Å². The van der Waals surface area contributed by atoms with Gasteiger partial charge in [-0.05, 0) is 48.5 Å². The number of carbonyl (C=O) groups is 1. The molecule has 0 amide bonds. The highest BCUT2D eigenvalue weighted by Gasteiger charge is 2.27. The molecule has 0 fully saturated rings. The van der Waals surface area contributed by atoms with Gasteiger partial charge in [-0.3, -0.25) is 4.79 Å². The summed E-state index contributed by atoms with van der Waals surface area (Å²) in [5, 5.41) is 2.67. The maximum Gasteiger partial charge on any atom is 0.231 e. The van der Waals surface area contributed by atoms with Gasteiger partial charge in [-0.1, -0.05) is 6.07 Å². The number of rotatable bonds is 6. The molecule has 1 aliphatic heterocycles. The second kappa shape index (κ2) is 8.62. The van der Waals surface area contributed by atoms with Crippen molar-refractivity contribution in [2.45, 2.75) is 0 Å². The van der Waals surface area contributed by atoms with E-state index in [9.17, 15) is 4.79 Å². The van der Waals surface area contributed by atoms with Gasteiger partial charge in [0.15, 0.2) is 11.5 Å². The molecular formula is C27H21N3O5S. The van der Waals surface area contributed by atoms with Crippen molar-refractivity contribution < 1.29 is 23.7 Å². The highest BCUT2D eigenvalue weighted by atomic mass is 32.1. The Kier molecular flexibility index (Phi) is 5.26. The van der Waals surface area contributed by atoms with Gasteiger partial charge in [-0.2, -0.15) is 0 Å². The van der Waals surface area contributed by atoms with Gasteiger partial charge in [-0.25, -0.2) is 4.98 Å². The van der Waals surface area contributed by atoms with Crippen LogP contribution in [0.2, 0.25) is 0 Å². The Bertz CT molecular complexity index is 1640. The minimum Gasteiger partial charge on any atom is -0.497 e. The Labute approximate surface area is 210 Å². The summed E-state index contributed by atoms with van der Waals surface area (Å²) < 4.78 is 23.5. The van der Waals surface area contributed by atoms with Gasteiger partial charge in [0.25, 0.3) is 0 Å². The Balaban J connectivity index is 1.48. The zero-order chi connectivity index (χ0) is 24.8. The van der Waals surface area contributed by atoms with Crippen LogP contribution in [0.15, 0.2) is 66.2 Å². The van der Waals surface area contributed by atoms with Crippen LogP contribution < -0.4 is 24.7 Å². The lowest BCUT2D eigenvalue weighted by Gasteiger charge is -2.10. The molecule has 9 heteroatoms. The zero-order valence-electron chi connectivity index (χ0n) is 19.5. The summed E-state index contributed by atoms with van der Waals surface area (Å²) in [5.74, 6) is 2.12. The predicted octanol–water partition coefficient (Wildman–Crippen LogP) is 5.29. The average Bonchev–Trinajstić information content (AvgIpc) is 3.64. The number of nitrogens with zero attached hydrogens (tertiary/aromatic N) is 2. The van der Waals surface area contributed by atoms with Gasteiger partial charge < -0.3 is 29.1 Å². The molecular weight excluding hydrogens is 478 g/mol. The third-order valence-electron chi connectivity index (χ3n) is 6.13. The van der Waals surface area contributed by atoms with Crippen molar-refractivity contribution in [2.75, 3.05) is 26.7 Å². The van der Waals surface area contributed by atoms with E-state index in [2.05, 4.69) is 0 Å². The van der Waals surface area contributed by atoms with Crippen molar-refractivity contribution in [2.24, 2.45) is 0 Å². The zero-order valence-corrected chi connectivity index (χ0v) is 20.3. The molecule has 0 saturated heterocycles. The molecule has 36 heavy (non-hydrogen) atoms. The van der Waals surface area contributed by atoms with Crippen molar-refractivity contribution >= 4 is 28.3 Å². The third kappa shape index (κ3) is 3.44. The number of fused-ring (bicyclic) bond motifs is 2. The van der Waals surface area contributed by atoms with E-state index in [1.807, 2.05) is 48.0 Å². The SMILES string of the molecule is COc1ccc(OC)c(C(=O)c2c(N)c(-c3nc(-c4ccc5c(c4)OCO5)cs3)c3ccccn23)c1. The fraction of sp³-hybridized carbons (Fsp3) is 0.111. The lowest BCUT2D eigenvalue weighted by atomic mass is 10.0. The minimum atomic E-state index is -0.275. The number of aromatic nitrogens is 2. The number of anilines is 1. The van der Waals surface area contributed by atoms with Crippen molar-refractivity contribution in [3.05, 3.63) is 77.4 Å². The van der Waals surface area contributed by atoms with Crippen LogP contribution in [0, 0.1) is 0 Å². The van der Waals surface area contributed by atoms with Crippen LogP contribution in [0.25, 0.3) is 27.3 Å². The van der Waals surface area contributed by atoms with Crippen LogP contribution in [-0.2, 0) is 0 Å². The molecule has 180 valence electrons. The number of nitrogen functional groups attached to an aromatic ring is 1. The molecule has 0 unspecified atom stereocenters. The quantitative estimate of drug-likeness (QED) is 0.317. The Hall–Kier alpha value is -4.50. The van der Waals surface area contributed by atoms with E-state index in [0.29, 0.717) is 50.5 Å². The standard InChI is InChI=1S/C27H21N3O5S/c1-32-16-7-9-20(33-2)17(12-16)26(31)25-24(28)23(19-5-3-4-10-30(19)25)27-29-18(13-36-27)15-6-8-21-22(11-15)35-14-34-21/h3-13H,14,28H2,1-2H3. The molecule has 3 aromatic heterocycles. The van der Waals surface area contributed by atoms with Gasteiger partial charge in [0.2, 0.25) is 12.6 Å². The normalized spacial score (nSPS) is 12.2. The highest BCUT2D eigenvalue weighted by Crippen LogP contribution is 2.42. The molecule has 0 spiro atoms. The number of carbonyl (C=O) groups excluding carboxylic acids is 1. The van der Waals surface area contributed by atoms with Crippen LogP contribution in [0.3, 0.4) is 0 Å². The number of ether oxygens (including phenoxy) is 4. The Morgan fingerprint density at radius 3 is 2.75 bits per heavy atom. The Morgan fingerprint density at radius 2 is 1.92 bits per heavy atom. The number of ketones is 1. The first kappa shape index (κ1) is 22.0. The molecule has 1 aliphatic rings. The maximum absolute atomic E-state index is 13.8. The number of pyridine rings is 1. The lowest BCUT2D eigenvalue weighted by molar-refractivity contribution is 0.103. The summed E-state index contributed by atoms with van der Waals surface area (Å²) in [6, 6.07) is 16.5. The summed E-state index contributed by atoms with van der Waals surface area (Å²) in [6.07, 6.45) is 1.82. The fourth-order valence-corrected chi connectivity index (χ4v) is 5.28. The van der Waals surface area contributed by atoms with E-state index < -0.39 is 0 Å². The molecule has 2 N–H and O–H groups in total. The van der Waals surface area contributed by atoms with E-state index in [-0.39, 0.29) is 12.6 Å². The van der Waals surface area contributed by atoms with Gasteiger partial charge >= 0.3 is 0 Å². The first-order chi connectivity index (χ1) is 17.6. The van der Waals surface area contributed by atoms with Crippen molar-refractivity contribution in [3.8, 4) is 44.8 Å². The van der Waals surface area contributed by atoms with E-state index >= 15 is 0 Å². The number of hydrogen-bond donors (Lipinski definition) is 1. The first-order valence-corrected chi connectivity index (χ1v) is 12.0. The largest absolute Gasteiger partial charge is 0.497 e. The topological polar surface area (TPSA) is 97.3 Å². The number of nitrogens with two attached hydrogens (primary N) is 1. The van der Waals surface area contributed by atoms with Crippen LogP contribution in [0.4, 0.5) is 5.69 Å². The molecule has 6 rings (SSSR count). The molecule has 0 saturated carbocycles. The highest BCUT2D eigenvalue weighted by molar-refractivity contribution is 7.13. The summed E-state index contributed by atoms with van der Waals surface area (Å²) in [5.41, 5.74) is 10.9. The molecule has 8 nitrogen and oxygen atoms in total. The molecule has 0 aliphatic carbocycles. The number of thiazole rings is 1. The molecule has 0 bridgehead atoms. The first-order valence-electron chi connectivity index (χ1n) is 11.1. The van der Waals surface area contributed by atoms with E-state index in [1.165, 1.54) is 18.4 Å². The maximum atomic E-state index is 13.8. The molecule has 0 atom stereocenters. The lowest BCUT2D eigenvalue weighted by Crippen LogP contribution is -2.09. The van der Waals surface area contributed by atoms with E-state index in [4.69, 9.17) is 29.7 Å². The Morgan fingerprint density at radius 1 is 1.06 bits per heavy atom. The number of benzene rings is 2. The average molecular weight is 500 g/mol. The van der Waals surface area contributed by atoms with E-state index in [0.717, 1.165) is 16.8 Å². The summed E-state index contributed by atoms with van der Waals surface area (Å²) in [4.78, 5) is 18.7. The summed E-state index contributed by atoms with van der Waals surface area (Å²) in [7, 11) is 3.08. The van der Waals surface area contributed by atoms with Gasteiger partial charge in [-0.15, -0.1) is 11.3 Å². The van der Waals surface area contributed by atoms with Crippen LogP contribution in [0.5, 0.6) is 23.0 Å². The van der Waals surface area contributed by atoms with Crippen molar-refractivity contribution in [1.82, 2.24) is 9.38 Å². The summed E-state index contributed by atoms with van der Waals surface area (Å²) in [6.45, 7) is 0.212. The predicted molar refractivity (Wildman–Crippen MR) is 137 cm³/mol. The van der Waals surface area contributed by atoms with Crippen molar-refractivity contribution in [3.63, 3.8) is 0 Å². The third-order valence-corrected chi connectivity index (χ3v) is 6.99. The van der Waals surface area contributed by atoms with E-state index in [1.54, 1.807) is 29.7 Å². The minimum absolute atomic E-state index is 0.212. The molecule has 2 aromatic carbocycles. The molecule has 0 radical (unpaired) electrons. The number of methoxy groups -OCH3 is 2.